The van der Waals surface area contributed by atoms with Gasteiger partial charge in [-0.05, 0) is 41.3 Å². The smallest absolute Gasteiger partial charge is 0.225 e. The molecule has 0 unspecified atom stereocenters. The maximum Gasteiger partial charge on any atom is 0.225 e. The van der Waals surface area contributed by atoms with Crippen molar-refractivity contribution in [2.75, 3.05) is 25.0 Å². The van der Waals surface area contributed by atoms with Crippen LogP contribution >= 0.6 is 15.9 Å². The van der Waals surface area contributed by atoms with Crippen molar-refractivity contribution in [1.29, 1.82) is 0 Å². The average molecular weight is 375 g/mol. The van der Waals surface area contributed by atoms with Gasteiger partial charge in [-0.15, -0.1) is 0 Å². The van der Waals surface area contributed by atoms with Crippen LogP contribution in [0.15, 0.2) is 41.1 Å². The molecule has 1 fully saturated rings. The lowest BCUT2D eigenvalue weighted by Gasteiger charge is -2.36. The van der Waals surface area contributed by atoms with E-state index in [4.69, 9.17) is 0 Å². The Balaban J connectivity index is 1.54. The molecule has 0 spiro atoms. The molecule has 122 valence electrons. The van der Waals surface area contributed by atoms with Crippen molar-refractivity contribution < 1.29 is 0 Å². The van der Waals surface area contributed by atoms with E-state index < -0.39 is 0 Å². The maximum atomic E-state index is 4.40. The van der Waals surface area contributed by atoms with Crippen LogP contribution in [0.3, 0.4) is 0 Å². The summed E-state index contributed by atoms with van der Waals surface area (Å²) >= 11 is 3.38. The van der Waals surface area contributed by atoms with E-state index >= 15 is 0 Å². The highest BCUT2D eigenvalue weighted by Crippen LogP contribution is 2.21. The summed E-state index contributed by atoms with van der Waals surface area (Å²) in [6, 6.07) is 9.33. The van der Waals surface area contributed by atoms with Crippen molar-refractivity contribution in [2.45, 2.75) is 32.4 Å². The Hall–Kier alpha value is -1.46. The fourth-order valence-electron chi connectivity index (χ4n) is 3.18. The van der Waals surface area contributed by atoms with E-state index in [0.29, 0.717) is 6.04 Å². The Morgan fingerprint density at radius 2 is 1.91 bits per heavy atom. The standard InChI is InChI=1S/C18H23BrN4/c1-14-4-3-5-15(10-14)13-23-8-6-17(7-9-23)22(2)18-20-11-16(19)12-21-18/h3-5,10-12,17H,6-9,13H2,1-2H3. The third-order valence-corrected chi connectivity index (χ3v) is 4.93. The van der Waals surface area contributed by atoms with Crippen LogP contribution in [0.5, 0.6) is 0 Å². The molecule has 4 nitrogen and oxygen atoms in total. The van der Waals surface area contributed by atoms with Gasteiger partial charge in [0.05, 0.1) is 4.47 Å². The van der Waals surface area contributed by atoms with Gasteiger partial charge in [-0.3, -0.25) is 4.90 Å². The van der Waals surface area contributed by atoms with E-state index in [1.165, 1.54) is 11.1 Å². The number of piperidine rings is 1. The predicted molar refractivity (Wildman–Crippen MR) is 97.6 cm³/mol. The van der Waals surface area contributed by atoms with E-state index in [1.807, 2.05) is 12.4 Å². The van der Waals surface area contributed by atoms with Gasteiger partial charge in [0.1, 0.15) is 0 Å². The van der Waals surface area contributed by atoms with Gasteiger partial charge in [-0.25, -0.2) is 9.97 Å². The van der Waals surface area contributed by atoms with Crippen LogP contribution in [0, 0.1) is 6.92 Å². The van der Waals surface area contributed by atoms with Gasteiger partial charge in [0, 0.05) is 45.1 Å². The van der Waals surface area contributed by atoms with Crippen molar-refractivity contribution >= 4 is 21.9 Å². The second-order valence-electron chi connectivity index (χ2n) is 6.31. The number of rotatable bonds is 4. The molecule has 2 heterocycles. The van der Waals surface area contributed by atoms with E-state index in [9.17, 15) is 0 Å². The number of aromatic nitrogens is 2. The lowest BCUT2D eigenvalue weighted by atomic mass is 10.0. The Morgan fingerprint density at radius 3 is 2.57 bits per heavy atom. The number of anilines is 1. The van der Waals surface area contributed by atoms with Crippen LogP contribution in [0.4, 0.5) is 5.95 Å². The topological polar surface area (TPSA) is 32.3 Å². The van der Waals surface area contributed by atoms with Gasteiger partial charge in [0.15, 0.2) is 0 Å². The molecule has 1 aliphatic heterocycles. The molecule has 0 bridgehead atoms. The van der Waals surface area contributed by atoms with E-state index in [-0.39, 0.29) is 0 Å². The molecule has 0 atom stereocenters. The Labute approximate surface area is 146 Å². The molecule has 1 aliphatic rings. The Morgan fingerprint density at radius 1 is 1.22 bits per heavy atom. The first-order chi connectivity index (χ1) is 11.1. The van der Waals surface area contributed by atoms with Crippen molar-refractivity contribution in [3.05, 3.63) is 52.3 Å². The maximum absolute atomic E-state index is 4.40. The summed E-state index contributed by atoms with van der Waals surface area (Å²) in [6.45, 7) is 5.45. The largest absolute Gasteiger partial charge is 0.341 e. The zero-order valence-electron chi connectivity index (χ0n) is 13.7. The first-order valence-corrected chi connectivity index (χ1v) is 8.89. The third kappa shape index (κ3) is 4.30. The minimum Gasteiger partial charge on any atom is -0.341 e. The lowest BCUT2D eigenvalue weighted by Crippen LogP contribution is -2.43. The molecule has 0 aliphatic carbocycles. The predicted octanol–water partition coefficient (Wildman–Crippen LogP) is 3.65. The highest BCUT2D eigenvalue weighted by atomic mass is 79.9. The molecular weight excluding hydrogens is 352 g/mol. The fraction of sp³-hybridized carbons (Fsp3) is 0.444. The molecule has 0 N–H and O–H groups in total. The van der Waals surface area contributed by atoms with Gasteiger partial charge in [0.25, 0.3) is 0 Å². The number of halogens is 1. The molecule has 3 rings (SSSR count). The summed E-state index contributed by atoms with van der Waals surface area (Å²) in [4.78, 5) is 13.6. The number of hydrogen-bond donors (Lipinski definition) is 0. The second kappa shape index (κ2) is 7.41. The number of hydrogen-bond acceptors (Lipinski definition) is 4. The Bertz CT molecular complexity index is 636. The van der Waals surface area contributed by atoms with Crippen LogP contribution < -0.4 is 4.90 Å². The van der Waals surface area contributed by atoms with Crippen molar-refractivity contribution in [2.24, 2.45) is 0 Å². The van der Waals surface area contributed by atoms with Crippen LogP contribution in [0.25, 0.3) is 0 Å². The molecule has 0 amide bonds. The van der Waals surface area contributed by atoms with E-state index in [0.717, 1.165) is 42.9 Å². The summed E-state index contributed by atoms with van der Waals surface area (Å²) < 4.78 is 0.919. The van der Waals surface area contributed by atoms with Crippen molar-refractivity contribution in [1.82, 2.24) is 14.9 Å². The fourth-order valence-corrected chi connectivity index (χ4v) is 3.39. The lowest BCUT2D eigenvalue weighted by molar-refractivity contribution is 0.203. The molecule has 5 heteroatoms. The van der Waals surface area contributed by atoms with Gasteiger partial charge >= 0.3 is 0 Å². The van der Waals surface area contributed by atoms with Crippen LogP contribution in [-0.2, 0) is 6.54 Å². The highest BCUT2D eigenvalue weighted by Gasteiger charge is 2.23. The normalized spacial score (nSPS) is 16.5. The van der Waals surface area contributed by atoms with Gasteiger partial charge in [-0.1, -0.05) is 29.8 Å². The summed E-state index contributed by atoms with van der Waals surface area (Å²) in [6.07, 6.45) is 5.93. The zero-order valence-corrected chi connectivity index (χ0v) is 15.3. The van der Waals surface area contributed by atoms with Crippen LogP contribution in [0.1, 0.15) is 24.0 Å². The molecule has 0 saturated carbocycles. The minimum atomic E-state index is 0.518. The van der Waals surface area contributed by atoms with Crippen LogP contribution in [0.2, 0.25) is 0 Å². The van der Waals surface area contributed by atoms with Crippen LogP contribution in [-0.4, -0.2) is 41.0 Å². The highest BCUT2D eigenvalue weighted by molar-refractivity contribution is 9.10. The Kier molecular flexibility index (Phi) is 5.28. The second-order valence-corrected chi connectivity index (χ2v) is 7.22. The molecule has 0 radical (unpaired) electrons. The number of aryl methyl sites for hydroxylation is 1. The van der Waals surface area contributed by atoms with Crippen molar-refractivity contribution in [3.8, 4) is 0 Å². The molecule has 1 aromatic heterocycles. The molecule has 1 saturated heterocycles. The SMILES string of the molecule is Cc1cccc(CN2CCC(N(C)c3ncc(Br)cn3)CC2)c1. The quantitative estimate of drug-likeness (QED) is 0.817. The molecular formula is C18H23BrN4. The third-order valence-electron chi connectivity index (χ3n) is 4.52. The monoisotopic (exact) mass is 374 g/mol. The molecule has 23 heavy (non-hydrogen) atoms. The summed E-state index contributed by atoms with van der Waals surface area (Å²) in [5.41, 5.74) is 2.75. The van der Waals surface area contributed by atoms with Crippen molar-refractivity contribution in [3.63, 3.8) is 0 Å². The molecule has 2 aromatic rings. The zero-order chi connectivity index (χ0) is 16.2. The van der Waals surface area contributed by atoms with Gasteiger partial charge in [0.2, 0.25) is 5.95 Å². The summed E-state index contributed by atoms with van der Waals surface area (Å²) in [7, 11) is 2.10. The van der Waals surface area contributed by atoms with E-state index in [1.54, 1.807) is 0 Å². The first-order valence-electron chi connectivity index (χ1n) is 8.10. The van der Waals surface area contributed by atoms with Gasteiger partial charge in [-0.2, -0.15) is 0 Å². The number of likely N-dealkylation sites (tertiary alicyclic amines) is 1. The first kappa shape index (κ1) is 16.4. The number of benzene rings is 1. The summed E-state index contributed by atoms with van der Waals surface area (Å²) in [5, 5.41) is 0. The number of nitrogens with zero attached hydrogens (tertiary/aromatic N) is 4. The van der Waals surface area contributed by atoms with E-state index in [2.05, 4.69) is 73.9 Å². The van der Waals surface area contributed by atoms with Gasteiger partial charge < -0.3 is 4.90 Å². The average Bonchev–Trinajstić information content (AvgIpc) is 2.56. The molecule has 1 aromatic carbocycles. The summed E-state index contributed by atoms with van der Waals surface area (Å²) in [5.74, 6) is 0.810. The minimum absolute atomic E-state index is 0.518.